The number of aryl methyl sites for hydroxylation is 1. The summed E-state index contributed by atoms with van der Waals surface area (Å²) in [5.74, 6) is 5.83. The van der Waals surface area contributed by atoms with E-state index < -0.39 is 52.6 Å². The minimum Gasteiger partial charge on any atom is -0.507 e. The lowest BCUT2D eigenvalue weighted by Gasteiger charge is -2.59. The van der Waals surface area contributed by atoms with Crippen LogP contribution in [-0.4, -0.2) is 102 Å². The van der Waals surface area contributed by atoms with Crippen molar-refractivity contribution in [1.82, 2.24) is 0 Å². The molecular formula is C115H130O19. The van der Waals surface area contributed by atoms with E-state index in [2.05, 4.69) is 66.3 Å². The highest BCUT2D eigenvalue weighted by atomic mass is 16.6. The molecule has 1 aliphatic heterocycles. The first-order valence-electron chi connectivity index (χ1n) is 48.0. The SMILES string of the molecule is C=Cc1ccc(O)c(C(=O)OC2(C)C3CC4CC(C3)CC2C4)c1.C=Cc1ccc(O)c(C(=O)OC2(C)CC3CC2C2C4CCC(C4)C32)c1.C=Cc1ccc(O)c(C(=O)OC2(C)CC3CCC2C3)c1.C=Cc1ccc(O)c(C(=O)OC2(C)CCCC2C)c1.C=Cc1ccc(O)c(C(=O)OC2(C)CCCc3ccccc32)c1.C=Cc1ccc(O)c(C(=O)OC2(c3ccccc3)CCOCC2)c1. The molecule has 19 nitrogen and oxygen atoms in total. The first-order valence-corrected chi connectivity index (χ1v) is 48.0. The molecular weight excluding hydrogens is 1690 g/mol. The molecule has 1 saturated heterocycles. The Morgan fingerprint density at radius 2 is 0.761 bits per heavy atom. The largest absolute Gasteiger partial charge is 0.507 e. The summed E-state index contributed by atoms with van der Waals surface area (Å²) in [7, 11) is 0. The molecule has 704 valence electrons. The number of benzene rings is 8. The van der Waals surface area contributed by atoms with Gasteiger partial charge in [0.2, 0.25) is 0 Å². The molecule has 21 rings (SSSR count). The van der Waals surface area contributed by atoms with E-state index in [0.29, 0.717) is 61.6 Å². The molecule has 12 aliphatic carbocycles. The Balaban J connectivity index is 0.000000123. The number of ether oxygens (including phenoxy) is 7. The van der Waals surface area contributed by atoms with E-state index in [9.17, 15) is 59.4 Å². The van der Waals surface area contributed by atoms with Gasteiger partial charge in [-0.1, -0.05) is 174 Å². The maximum Gasteiger partial charge on any atom is 0.342 e. The molecule has 8 aromatic rings. The van der Waals surface area contributed by atoms with Gasteiger partial charge in [0, 0.05) is 18.8 Å². The molecule has 134 heavy (non-hydrogen) atoms. The molecule has 0 aromatic heterocycles. The Hall–Kier alpha value is -12.2. The van der Waals surface area contributed by atoms with E-state index in [1.54, 1.807) is 115 Å². The Kier molecular flexibility index (Phi) is 28.9. The van der Waals surface area contributed by atoms with Crippen molar-refractivity contribution in [1.29, 1.82) is 0 Å². The van der Waals surface area contributed by atoms with Gasteiger partial charge >= 0.3 is 35.8 Å². The van der Waals surface area contributed by atoms with Crippen LogP contribution in [0.25, 0.3) is 36.5 Å². The van der Waals surface area contributed by atoms with Gasteiger partial charge in [-0.3, -0.25) is 0 Å². The molecule has 10 bridgehead atoms. The normalized spacial score (nSPS) is 29.2. The van der Waals surface area contributed by atoms with Crippen LogP contribution in [0.1, 0.15) is 289 Å². The van der Waals surface area contributed by atoms with E-state index in [1.807, 2.05) is 69.3 Å². The molecule has 0 radical (unpaired) electrons. The highest BCUT2D eigenvalue weighted by Gasteiger charge is 2.67. The van der Waals surface area contributed by atoms with Crippen molar-refractivity contribution in [2.45, 2.75) is 216 Å². The number of phenolic OH excluding ortho intramolecular Hbond substituents is 6. The molecule has 0 spiro atoms. The molecule has 0 amide bonds. The zero-order valence-corrected chi connectivity index (χ0v) is 78.3. The van der Waals surface area contributed by atoms with E-state index in [-0.39, 0.29) is 84.7 Å². The van der Waals surface area contributed by atoms with Crippen LogP contribution in [-0.2, 0) is 50.8 Å². The van der Waals surface area contributed by atoms with E-state index in [1.165, 1.54) is 107 Å². The molecule has 19 heteroatoms. The van der Waals surface area contributed by atoms with Crippen LogP contribution < -0.4 is 0 Å². The maximum absolute atomic E-state index is 12.8. The number of esters is 6. The molecule has 13 atom stereocenters. The first kappa shape index (κ1) is 96.4. The smallest absolute Gasteiger partial charge is 0.342 e. The van der Waals surface area contributed by atoms with Crippen molar-refractivity contribution >= 4 is 72.3 Å². The molecule has 6 N–H and O–H groups in total. The van der Waals surface area contributed by atoms with E-state index in [0.717, 1.165) is 144 Å². The van der Waals surface area contributed by atoms with Crippen LogP contribution >= 0.6 is 0 Å². The van der Waals surface area contributed by atoms with Crippen molar-refractivity contribution in [3.8, 4) is 34.5 Å². The van der Waals surface area contributed by atoms with E-state index in [4.69, 9.17) is 33.2 Å². The van der Waals surface area contributed by atoms with E-state index >= 15 is 0 Å². The van der Waals surface area contributed by atoms with Crippen LogP contribution in [0.2, 0.25) is 0 Å². The zero-order valence-electron chi connectivity index (χ0n) is 78.3. The average molecular weight is 1820 g/mol. The van der Waals surface area contributed by atoms with Gasteiger partial charge in [-0.2, -0.15) is 0 Å². The second-order valence-electron chi connectivity index (χ2n) is 40.5. The Morgan fingerprint density at radius 1 is 0.358 bits per heavy atom. The summed E-state index contributed by atoms with van der Waals surface area (Å²) in [6.45, 7) is 35.5. The molecule has 13 aliphatic rings. The third-order valence-electron chi connectivity index (χ3n) is 32.3. The standard InChI is InChI=1S/C22H26O3.C20H20O4.C20H24O3.C20H20O3.C17H20O3.C16H20O3/c1-3-12-4-7-18(23)16(8-12)21(24)25-22(2)11-15-10-17(22)20-14-6-5-13(9-14)19(15)20;1-2-15-8-9-18(21)17(14-15)19(22)24-20(10-12-23-13-11-20)16-6-4-3-5-7-16;1-3-12-4-5-18(21)17(11-12)19(22)23-20(2)15-7-13-6-14(9-15)10-16(20)8-13;1-3-14-10-11-18(21)16(13-14)19(22)23-20(2)12-6-8-15-7-4-5-9-17(15)20;1-3-11-5-7-15(18)14(9-11)16(19)20-17(2)10-12-4-6-13(17)8-12;1-4-12-7-8-14(17)13(10-12)15(18)19-16(3)9-5-6-11(16)2/h3-4,7-8,13-15,17,19-20,23H,1,5-6,9-11H2,2H3;2-9,14,21H,1,10-13H2;3-5,11,13-16,21H,1,6-10H2,2H3;3-5,7,9-11,13,21H,1,6,8,12H2,2H3;3,5,7,9,12-13,18H,1,4,6,8,10H2,2H3;4,7-8,10-11,17H,1,5-6,9H2,2-3H3. The Bertz CT molecular complexity index is 5750. The van der Waals surface area contributed by atoms with Crippen LogP contribution in [0.5, 0.6) is 34.5 Å². The second-order valence-corrected chi connectivity index (χ2v) is 40.5. The fourth-order valence-electron chi connectivity index (χ4n) is 25.0. The predicted octanol–water partition coefficient (Wildman–Crippen LogP) is 24.9. The lowest BCUT2D eigenvalue weighted by Crippen LogP contribution is -2.58. The maximum atomic E-state index is 12.8. The first-order chi connectivity index (χ1) is 64.1. The monoisotopic (exact) mass is 1810 g/mol. The number of phenols is 6. The number of aromatic hydroxyl groups is 6. The molecule has 13 unspecified atom stereocenters. The van der Waals surface area contributed by atoms with Gasteiger partial charge in [0.25, 0.3) is 0 Å². The van der Waals surface area contributed by atoms with Crippen LogP contribution in [0, 0.1) is 76.9 Å². The summed E-state index contributed by atoms with van der Waals surface area (Å²) >= 11 is 0. The molecule has 12 fully saturated rings. The summed E-state index contributed by atoms with van der Waals surface area (Å²) in [6.07, 6.45) is 33.9. The fourth-order valence-corrected chi connectivity index (χ4v) is 25.0. The van der Waals surface area contributed by atoms with Crippen molar-refractivity contribution in [2.75, 3.05) is 13.2 Å². The average Bonchev–Trinajstić information content (AvgIpc) is 1.52. The Labute approximate surface area is 788 Å². The van der Waals surface area contributed by atoms with Gasteiger partial charge in [-0.25, -0.2) is 28.8 Å². The number of carbonyl (C=O) groups excluding carboxylic acids is 6. The highest BCUT2D eigenvalue weighted by Crippen LogP contribution is 2.71. The zero-order chi connectivity index (χ0) is 95.3. The molecule has 8 aromatic carbocycles. The van der Waals surface area contributed by atoms with Crippen LogP contribution in [0.4, 0.5) is 0 Å². The van der Waals surface area contributed by atoms with Crippen molar-refractivity contribution < 1.29 is 92.6 Å². The van der Waals surface area contributed by atoms with Gasteiger partial charge in [-0.15, -0.1) is 0 Å². The third-order valence-corrected chi connectivity index (χ3v) is 32.3. The molecule has 1 heterocycles. The topological polar surface area (TPSA) is 288 Å². The van der Waals surface area contributed by atoms with Gasteiger partial charge in [0.15, 0.2) is 0 Å². The highest BCUT2D eigenvalue weighted by molar-refractivity contribution is 5.97. The number of hydrogen-bond acceptors (Lipinski definition) is 19. The fraction of sp³-hybridized carbons (Fsp3) is 0.426. The quantitative estimate of drug-likeness (QED) is 0.0249. The van der Waals surface area contributed by atoms with Crippen molar-refractivity contribution in [2.24, 2.45) is 76.9 Å². The summed E-state index contributed by atoms with van der Waals surface area (Å²) < 4.78 is 40.7. The van der Waals surface area contributed by atoms with Gasteiger partial charge in [0.1, 0.15) is 101 Å². The summed E-state index contributed by atoms with van der Waals surface area (Å²) in [5.41, 5.74) is 6.28. The number of hydrogen-bond donors (Lipinski definition) is 6. The summed E-state index contributed by atoms with van der Waals surface area (Å²) in [5, 5.41) is 59.8. The minimum atomic E-state index is -0.729. The van der Waals surface area contributed by atoms with Gasteiger partial charge < -0.3 is 63.8 Å². The predicted molar refractivity (Wildman–Crippen MR) is 520 cm³/mol. The number of fused-ring (bicyclic) bond motifs is 12. The van der Waals surface area contributed by atoms with Crippen molar-refractivity contribution in [3.05, 3.63) is 287 Å². The number of carbonyl (C=O) groups is 6. The van der Waals surface area contributed by atoms with Gasteiger partial charge in [0.05, 0.1) is 13.2 Å². The van der Waals surface area contributed by atoms with Gasteiger partial charge in [-0.05, 0) is 357 Å². The second kappa shape index (κ2) is 40.1. The summed E-state index contributed by atoms with van der Waals surface area (Å²) in [6, 6.07) is 46.9. The minimum absolute atomic E-state index is 0.0137. The van der Waals surface area contributed by atoms with Crippen LogP contribution in [0.3, 0.4) is 0 Å². The lowest BCUT2D eigenvalue weighted by molar-refractivity contribution is -0.165. The van der Waals surface area contributed by atoms with Crippen LogP contribution in [0.15, 0.2) is 203 Å². The third kappa shape index (κ3) is 20.3. The number of rotatable bonds is 19. The Morgan fingerprint density at radius 3 is 1.19 bits per heavy atom. The van der Waals surface area contributed by atoms with Crippen molar-refractivity contribution in [3.63, 3.8) is 0 Å². The molecule has 11 saturated carbocycles. The lowest BCUT2D eigenvalue weighted by atomic mass is 9.50. The summed E-state index contributed by atoms with van der Waals surface area (Å²) in [4.78, 5) is 75.4.